The monoisotopic (exact) mass is 238 g/mol. The van der Waals surface area contributed by atoms with Gasteiger partial charge in [0, 0.05) is 6.04 Å². The second-order valence-corrected chi connectivity index (χ2v) is 5.88. The summed E-state index contributed by atoms with van der Waals surface area (Å²) >= 11 is 0. The SMILES string of the molecule is CC1CC(C)CC(OCC(C#N)NC(C)C)C1. The molecule has 3 atom stereocenters. The summed E-state index contributed by atoms with van der Waals surface area (Å²) in [6, 6.07) is 2.41. The van der Waals surface area contributed by atoms with Gasteiger partial charge in [0.1, 0.15) is 6.04 Å². The van der Waals surface area contributed by atoms with E-state index in [0.717, 1.165) is 24.7 Å². The van der Waals surface area contributed by atoms with Crippen molar-refractivity contribution >= 4 is 0 Å². The minimum absolute atomic E-state index is 0.178. The summed E-state index contributed by atoms with van der Waals surface area (Å²) < 4.78 is 5.89. The first-order chi connectivity index (χ1) is 8.01. The molecule has 1 rings (SSSR count). The van der Waals surface area contributed by atoms with Crippen molar-refractivity contribution in [1.29, 1.82) is 5.26 Å². The smallest absolute Gasteiger partial charge is 0.119 e. The lowest BCUT2D eigenvalue weighted by atomic mass is 9.82. The molecule has 0 amide bonds. The highest BCUT2D eigenvalue weighted by Gasteiger charge is 2.25. The lowest BCUT2D eigenvalue weighted by Gasteiger charge is -2.32. The predicted octanol–water partition coefficient (Wildman–Crippen LogP) is 2.72. The van der Waals surface area contributed by atoms with Crippen LogP contribution in [0.15, 0.2) is 0 Å². The number of nitrogens with one attached hydrogen (secondary N) is 1. The zero-order valence-electron chi connectivity index (χ0n) is 11.6. The van der Waals surface area contributed by atoms with Crippen molar-refractivity contribution in [2.45, 2.75) is 65.1 Å². The Morgan fingerprint density at radius 3 is 2.29 bits per heavy atom. The highest BCUT2D eigenvalue weighted by molar-refractivity contribution is 4.91. The Hall–Kier alpha value is -0.590. The van der Waals surface area contributed by atoms with Crippen LogP contribution in [0.3, 0.4) is 0 Å². The second-order valence-electron chi connectivity index (χ2n) is 5.88. The van der Waals surface area contributed by atoms with Gasteiger partial charge in [-0.05, 0) is 44.9 Å². The van der Waals surface area contributed by atoms with E-state index in [4.69, 9.17) is 10.00 Å². The summed E-state index contributed by atoms with van der Waals surface area (Å²) in [5.74, 6) is 1.50. The topological polar surface area (TPSA) is 45.0 Å². The zero-order chi connectivity index (χ0) is 12.8. The fraction of sp³-hybridized carbons (Fsp3) is 0.929. The van der Waals surface area contributed by atoms with Crippen molar-refractivity contribution in [3.05, 3.63) is 0 Å². The first kappa shape index (κ1) is 14.5. The van der Waals surface area contributed by atoms with Gasteiger partial charge in [-0.1, -0.05) is 13.8 Å². The van der Waals surface area contributed by atoms with Crippen molar-refractivity contribution < 1.29 is 4.74 Å². The Bertz CT molecular complexity index is 249. The number of nitrogens with zero attached hydrogens (tertiary/aromatic N) is 1. The average Bonchev–Trinajstić information content (AvgIpc) is 2.22. The number of rotatable bonds is 5. The molecule has 0 aromatic rings. The molecule has 1 saturated carbocycles. The van der Waals surface area contributed by atoms with E-state index in [-0.39, 0.29) is 6.04 Å². The molecule has 3 unspecified atom stereocenters. The summed E-state index contributed by atoms with van der Waals surface area (Å²) in [6.07, 6.45) is 3.94. The Morgan fingerprint density at radius 1 is 1.24 bits per heavy atom. The van der Waals surface area contributed by atoms with Crippen LogP contribution in [0.4, 0.5) is 0 Å². The average molecular weight is 238 g/mol. The van der Waals surface area contributed by atoms with Crippen LogP contribution >= 0.6 is 0 Å². The summed E-state index contributed by atoms with van der Waals surface area (Å²) in [6.45, 7) is 9.20. The van der Waals surface area contributed by atoms with Crippen molar-refractivity contribution in [3.63, 3.8) is 0 Å². The molecule has 17 heavy (non-hydrogen) atoms. The van der Waals surface area contributed by atoms with Gasteiger partial charge in [-0.3, -0.25) is 5.32 Å². The van der Waals surface area contributed by atoms with Crippen molar-refractivity contribution in [1.82, 2.24) is 5.32 Å². The van der Waals surface area contributed by atoms with Crippen molar-refractivity contribution in [3.8, 4) is 6.07 Å². The molecule has 98 valence electrons. The molecule has 3 nitrogen and oxygen atoms in total. The van der Waals surface area contributed by atoms with Gasteiger partial charge in [0.15, 0.2) is 0 Å². The van der Waals surface area contributed by atoms with Gasteiger partial charge in [0.2, 0.25) is 0 Å². The number of hydrogen-bond acceptors (Lipinski definition) is 3. The van der Waals surface area contributed by atoms with E-state index < -0.39 is 0 Å². The normalized spacial score (nSPS) is 31.2. The molecular formula is C14H26N2O. The lowest BCUT2D eigenvalue weighted by molar-refractivity contribution is -0.00415. The Labute approximate surface area is 106 Å². The van der Waals surface area contributed by atoms with Crippen molar-refractivity contribution in [2.24, 2.45) is 11.8 Å². The van der Waals surface area contributed by atoms with E-state index in [1.807, 2.05) is 0 Å². The third-order valence-electron chi connectivity index (χ3n) is 3.32. The molecule has 0 heterocycles. The van der Waals surface area contributed by atoms with Crippen LogP contribution < -0.4 is 5.32 Å². The third kappa shape index (κ3) is 5.52. The van der Waals surface area contributed by atoms with E-state index in [1.54, 1.807) is 0 Å². The van der Waals surface area contributed by atoms with Crippen LogP contribution in [0.5, 0.6) is 0 Å². The van der Waals surface area contributed by atoms with Gasteiger partial charge in [0.25, 0.3) is 0 Å². The maximum absolute atomic E-state index is 9.02. The van der Waals surface area contributed by atoms with Gasteiger partial charge in [0.05, 0.1) is 18.8 Å². The highest BCUT2D eigenvalue weighted by atomic mass is 16.5. The standard InChI is InChI=1S/C14H26N2O/c1-10(2)16-13(8-15)9-17-14-6-11(3)5-12(4)7-14/h10-14,16H,5-7,9H2,1-4H3. The summed E-state index contributed by atoms with van der Waals surface area (Å²) in [4.78, 5) is 0. The molecule has 3 heteroatoms. The van der Waals surface area contributed by atoms with E-state index in [0.29, 0.717) is 18.8 Å². The zero-order valence-corrected chi connectivity index (χ0v) is 11.6. The van der Waals surface area contributed by atoms with Crippen LogP contribution in [0, 0.1) is 23.2 Å². The fourth-order valence-electron chi connectivity index (χ4n) is 2.77. The second kappa shape index (κ2) is 6.98. The molecule has 0 aliphatic heterocycles. The maximum Gasteiger partial charge on any atom is 0.119 e. The van der Waals surface area contributed by atoms with Crippen LogP contribution in [0.1, 0.15) is 47.0 Å². The van der Waals surface area contributed by atoms with Gasteiger partial charge in [-0.2, -0.15) is 5.26 Å². The molecule has 1 aliphatic rings. The fourth-order valence-corrected chi connectivity index (χ4v) is 2.77. The molecule has 0 aromatic heterocycles. The number of nitriles is 1. The van der Waals surface area contributed by atoms with E-state index in [9.17, 15) is 0 Å². The number of hydrogen-bond donors (Lipinski definition) is 1. The molecule has 0 spiro atoms. The van der Waals surface area contributed by atoms with Gasteiger partial charge in [-0.25, -0.2) is 0 Å². The largest absolute Gasteiger partial charge is 0.375 e. The molecule has 0 bridgehead atoms. The molecule has 1 N–H and O–H groups in total. The molecule has 0 saturated heterocycles. The van der Waals surface area contributed by atoms with Gasteiger partial charge in [-0.15, -0.1) is 0 Å². The highest BCUT2D eigenvalue weighted by Crippen LogP contribution is 2.30. The maximum atomic E-state index is 9.02. The molecular weight excluding hydrogens is 212 g/mol. The first-order valence-corrected chi connectivity index (χ1v) is 6.78. The van der Waals surface area contributed by atoms with E-state index in [2.05, 4.69) is 39.1 Å². The van der Waals surface area contributed by atoms with E-state index >= 15 is 0 Å². The molecule has 0 aromatic carbocycles. The summed E-state index contributed by atoms with van der Waals surface area (Å²) in [7, 11) is 0. The first-order valence-electron chi connectivity index (χ1n) is 6.78. The minimum Gasteiger partial charge on any atom is -0.375 e. The van der Waals surface area contributed by atoms with Crippen LogP contribution in [-0.2, 0) is 4.74 Å². The van der Waals surface area contributed by atoms with Crippen LogP contribution in [0.2, 0.25) is 0 Å². The number of ether oxygens (including phenoxy) is 1. The molecule has 1 fully saturated rings. The predicted molar refractivity (Wildman–Crippen MR) is 69.6 cm³/mol. The summed E-state index contributed by atoms with van der Waals surface area (Å²) in [5, 5.41) is 12.2. The minimum atomic E-state index is -0.178. The van der Waals surface area contributed by atoms with E-state index in [1.165, 1.54) is 6.42 Å². The van der Waals surface area contributed by atoms with Gasteiger partial charge < -0.3 is 4.74 Å². The van der Waals surface area contributed by atoms with Crippen LogP contribution in [-0.4, -0.2) is 24.8 Å². The molecule has 0 radical (unpaired) electrons. The quantitative estimate of drug-likeness (QED) is 0.801. The van der Waals surface area contributed by atoms with Gasteiger partial charge >= 0.3 is 0 Å². The van der Waals surface area contributed by atoms with Crippen molar-refractivity contribution in [2.75, 3.05) is 6.61 Å². The molecule has 1 aliphatic carbocycles. The summed E-state index contributed by atoms with van der Waals surface area (Å²) in [5.41, 5.74) is 0. The Kier molecular flexibility index (Phi) is 5.94. The lowest BCUT2D eigenvalue weighted by Crippen LogP contribution is -2.39. The Balaban J connectivity index is 2.31. The van der Waals surface area contributed by atoms with Crippen LogP contribution in [0.25, 0.3) is 0 Å². The third-order valence-corrected chi connectivity index (χ3v) is 3.32. The Morgan fingerprint density at radius 2 is 1.82 bits per heavy atom.